The Kier molecular flexibility index (Phi) is 5.70. The molecule has 0 aliphatic carbocycles. The highest BCUT2D eigenvalue weighted by atomic mass is 16.5. The zero-order chi connectivity index (χ0) is 13.5. The van der Waals surface area contributed by atoms with E-state index in [4.69, 9.17) is 10.6 Å². The van der Waals surface area contributed by atoms with Gasteiger partial charge < -0.3 is 4.74 Å². The Morgan fingerprint density at radius 1 is 1.61 bits per heavy atom. The predicted molar refractivity (Wildman–Crippen MR) is 68.7 cm³/mol. The van der Waals surface area contributed by atoms with Gasteiger partial charge in [-0.1, -0.05) is 6.07 Å². The summed E-state index contributed by atoms with van der Waals surface area (Å²) in [5.74, 6) is 4.69. The van der Waals surface area contributed by atoms with Gasteiger partial charge in [0.2, 0.25) is 0 Å². The molecule has 1 aromatic heterocycles. The molecule has 0 aromatic carbocycles. The number of carbonyl (C=O) groups excluding carboxylic acids is 1. The number of amides is 1. The lowest BCUT2D eigenvalue weighted by Crippen LogP contribution is -2.33. The largest absolute Gasteiger partial charge is 0.383 e. The highest BCUT2D eigenvalue weighted by Crippen LogP contribution is 2.05. The third kappa shape index (κ3) is 4.06. The lowest BCUT2D eigenvalue weighted by Gasteiger charge is -2.23. The van der Waals surface area contributed by atoms with Crippen molar-refractivity contribution in [1.29, 1.82) is 0 Å². The first kappa shape index (κ1) is 14.6. The van der Waals surface area contributed by atoms with Crippen LogP contribution in [0.2, 0.25) is 0 Å². The molecule has 1 rings (SSSR count). The number of carbonyl (C=O) groups is 1. The molecule has 6 nitrogen and oxygen atoms in total. The van der Waals surface area contributed by atoms with E-state index in [1.54, 1.807) is 19.2 Å². The molecule has 0 radical (unpaired) electrons. The molecule has 3 N–H and O–H groups in total. The van der Waals surface area contributed by atoms with Crippen LogP contribution in [0.25, 0.3) is 0 Å². The van der Waals surface area contributed by atoms with E-state index in [-0.39, 0.29) is 11.9 Å². The number of pyridine rings is 1. The molecule has 1 amide bonds. The molecular weight excluding hydrogens is 232 g/mol. The van der Waals surface area contributed by atoms with Crippen molar-refractivity contribution in [2.45, 2.75) is 19.5 Å². The second-order valence-electron chi connectivity index (χ2n) is 4.21. The molecule has 1 heterocycles. The molecule has 0 aliphatic heterocycles. The van der Waals surface area contributed by atoms with Gasteiger partial charge in [-0.2, -0.15) is 0 Å². The third-order valence-electron chi connectivity index (χ3n) is 2.74. The van der Waals surface area contributed by atoms with Crippen LogP contribution in [0.15, 0.2) is 18.2 Å². The van der Waals surface area contributed by atoms with Crippen LogP contribution in [0.5, 0.6) is 0 Å². The molecule has 6 heteroatoms. The number of nitrogens with zero attached hydrogens (tertiary/aromatic N) is 2. The van der Waals surface area contributed by atoms with E-state index in [9.17, 15) is 4.79 Å². The van der Waals surface area contributed by atoms with Gasteiger partial charge in [-0.15, -0.1) is 0 Å². The van der Waals surface area contributed by atoms with Crippen LogP contribution in [0, 0.1) is 0 Å². The lowest BCUT2D eigenvalue weighted by atomic mass is 10.2. The van der Waals surface area contributed by atoms with Crippen LogP contribution >= 0.6 is 0 Å². The molecule has 0 spiro atoms. The van der Waals surface area contributed by atoms with Crippen molar-refractivity contribution in [2.24, 2.45) is 5.84 Å². The summed E-state index contributed by atoms with van der Waals surface area (Å²) < 4.78 is 5.10. The topological polar surface area (TPSA) is 80.5 Å². The maximum Gasteiger partial charge on any atom is 0.283 e. The second-order valence-corrected chi connectivity index (χ2v) is 4.21. The van der Waals surface area contributed by atoms with Gasteiger partial charge in [0.1, 0.15) is 5.69 Å². The molecule has 1 unspecified atom stereocenters. The van der Waals surface area contributed by atoms with Gasteiger partial charge in [0, 0.05) is 19.7 Å². The monoisotopic (exact) mass is 252 g/mol. The van der Waals surface area contributed by atoms with E-state index in [1.807, 2.05) is 13.1 Å². The fourth-order valence-corrected chi connectivity index (χ4v) is 1.55. The number of methoxy groups -OCH3 is 1. The minimum absolute atomic E-state index is 0.281. The third-order valence-corrected chi connectivity index (χ3v) is 2.74. The van der Waals surface area contributed by atoms with Gasteiger partial charge in [-0.25, -0.2) is 10.8 Å². The number of aromatic nitrogens is 1. The Labute approximate surface area is 107 Å². The molecule has 18 heavy (non-hydrogen) atoms. The van der Waals surface area contributed by atoms with Gasteiger partial charge in [-0.3, -0.25) is 15.1 Å². The van der Waals surface area contributed by atoms with Crippen molar-refractivity contribution in [3.8, 4) is 0 Å². The maximum absolute atomic E-state index is 11.4. The smallest absolute Gasteiger partial charge is 0.283 e. The summed E-state index contributed by atoms with van der Waals surface area (Å²) in [4.78, 5) is 17.7. The lowest BCUT2D eigenvalue weighted by molar-refractivity contribution is 0.0947. The molecule has 0 saturated heterocycles. The summed E-state index contributed by atoms with van der Waals surface area (Å²) in [6.45, 7) is 3.37. The van der Waals surface area contributed by atoms with Crippen LogP contribution in [0.4, 0.5) is 0 Å². The summed E-state index contributed by atoms with van der Waals surface area (Å²) in [6, 6.07) is 5.58. The number of ether oxygens (including phenoxy) is 1. The molecule has 0 saturated carbocycles. The Bertz CT molecular complexity index is 397. The van der Waals surface area contributed by atoms with Crippen molar-refractivity contribution < 1.29 is 9.53 Å². The number of hydrazine groups is 1. The number of nitrogens with one attached hydrogen (secondary N) is 1. The van der Waals surface area contributed by atoms with Gasteiger partial charge in [0.05, 0.1) is 12.3 Å². The Morgan fingerprint density at radius 3 is 2.94 bits per heavy atom. The predicted octanol–water partition coefficient (Wildman–Crippen LogP) is 0.152. The van der Waals surface area contributed by atoms with E-state index in [0.29, 0.717) is 18.8 Å². The number of hydrogen-bond donors (Lipinski definition) is 2. The SMILES string of the molecule is COCC(C)N(C)Cc1cccc(C(=O)NN)n1. The van der Waals surface area contributed by atoms with Crippen molar-refractivity contribution in [1.82, 2.24) is 15.3 Å². The standard InChI is InChI=1S/C12H20N4O2/c1-9(8-18-3)16(2)7-10-5-4-6-11(14-10)12(17)15-13/h4-6,9H,7-8,13H2,1-3H3,(H,15,17). The molecule has 1 atom stereocenters. The summed E-state index contributed by atoms with van der Waals surface area (Å²) >= 11 is 0. The highest BCUT2D eigenvalue weighted by molar-refractivity contribution is 5.91. The average Bonchev–Trinajstić information content (AvgIpc) is 2.38. The van der Waals surface area contributed by atoms with Crippen LogP contribution < -0.4 is 11.3 Å². The number of nitrogens with two attached hydrogens (primary N) is 1. The summed E-state index contributed by atoms with van der Waals surface area (Å²) in [5.41, 5.74) is 3.21. The number of rotatable bonds is 6. The summed E-state index contributed by atoms with van der Waals surface area (Å²) in [5, 5.41) is 0. The van der Waals surface area contributed by atoms with Crippen LogP contribution in [-0.4, -0.2) is 42.6 Å². The van der Waals surface area contributed by atoms with E-state index < -0.39 is 0 Å². The van der Waals surface area contributed by atoms with Crippen molar-refractivity contribution in [3.05, 3.63) is 29.6 Å². The Hall–Kier alpha value is -1.50. The Balaban J connectivity index is 2.70. The molecule has 1 aromatic rings. The van der Waals surface area contributed by atoms with Gasteiger partial charge >= 0.3 is 0 Å². The van der Waals surface area contributed by atoms with Crippen LogP contribution in [-0.2, 0) is 11.3 Å². The van der Waals surface area contributed by atoms with Crippen molar-refractivity contribution in [2.75, 3.05) is 20.8 Å². The fraction of sp³-hybridized carbons (Fsp3) is 0.500. The molecule has 0 bridgehead atoms. The summed E-state index contributed by atoms with van der Waals surface area (Å²) in [7, 11) is 3.66. The normalized spacial score (nSPS) is 12.5. The number of nitrogen functional groups attached to an aromatic ring is 1. The van der Waals surface area contributed by atoms with Crippen molar-refractivity contribution >= 4 is 5.91 Å². The van der Waals surface area contributed by atoms with Crippen molar-refractivity contribution in [3.63, 3.8) is 0 Å². The average molecular weight is 252 g/mol. The van der Waals surface area contributed by atoms with Crippen LogP contribution in [0.3, 0.4) is 0 Å². The van der Waals surface area contributed by atoms with Gasteiger partial charge in [-0.05, 0) is 26.1 Å². The fourth-order valence-electron chi connectivity index (χ4n) is 1.55. The summed E-state index contributed by atoms with van der Waals surface area (Å²) in [6.07, 6.45) is 0. The molecule has 0 aliphatic rings. The zero-order valence-electron chi connectivity index (χ0n) is 11.0. The Morgan fingerprint density at radius 2 is 2.33 bits per heavy atom. The first-order chi connectivity index (χ1) is 8.58. The first-order valence-electron chi connectivity index (χ1n) is 5.74. The van der Waals surface area contributed by atoms with Crippen LogP contribution in [0.1, 0.15) is 23.1 Å². The number of hydrogen-bond acceptors (Lipinski definition) is 5. The minimum Gasteiger partial charge on any atom is -0.383 e. The first-order valence-corrected chi connectivity index (χ1v) is 5.74. The molecule has 0 fully saturated rings. The quantitative estimate of drug-likeness (QED) is 0.428. The molecular formula is C12H20N4O2. The van der Waals surface area contributed by atoms with E-state index >= 15 is 0 Å². The van der Waals surface area contributed by atoms with E-state index in [1.165, 1.54) is 0 Å². The van der Waals surface area contributed by atoms with E-state index in [2.05, 4.69) is 22.2 Å². The maximum atomic E-state index is 11.4. The number of likely N-dealkylation sites (N-methyl/N-ethyl adjacent to an activating group) is 1. The zero-order valence-corrected chi connectivity index (χ0v) is 11.0. The van der Waals surface area contributed by atoms with Gasteiger partial charge in [0.25, 0.3) is 5.91 Å². The van der Waals surface area contributed by atoms with E-state index in [0.717, 1.165) is 5.69 Å². The van der Waals surface area contributed by atoms with Gasteiger partial charge in [0.15, 0.2) is 0 Å². The molecule has 100 valence electrons. The second kappa shape index (κ2) is 7.05. The highest BCUT2D eigenvalue weighted by Gasteiger charge is 2.11. The minimum atomic E-state index is -0.385.